The first-order valence-electron chi connectivity index (χ1n) is 9.40. The van der Waals surface area contributed by atoms with E-state index in [0.717, 1.165) is 51.3 Å². The van der Waals surface area contributed by atoms with Crippen molar-refractivity contribution in [3.05, 3.63) is 42.6 Å². The van der Waals surface area contributed by atoms with E-state index < -0.39 is 12.1 Å². The summed E-state index contributed by atoms with van der Waals surface area (Å²) in [7, 11) is 0. The van der Waals surface area contributed by atoms with Crippen LogP contribution in [0.25, 0.3) is 0 Å². The fourth-order valence-corrected chi connectivity index (χ4v) is 3.89. The molecule has 2 aliphatic rings. The molecule has 0 unspecified atom stereocenters. The highest BCUT2D eigenvalue weighted by Gasteiger charge is 2.46. The number of carboxylic acids is 1. The summed E-state index contributed by atoms with van der Waals surface area (Å²) in [5.74, 6) is -1.51. The average Bonchev–Trinajstić information content (AvgIpc) is 3.39. The highest BCUT2D eigenvalue weighted by Crippen LogP contribution is 2.39. The number of alkyl halides is 3. The van der Waals surface area contributed by atoms with Gasteiger partial charge in [-0.15, -0.1) is 0 Å². The second-order valence-corrected chi connectivity index (χ2v) is 7.10. The first kappa shape index (κ1) is 21.6. The predicted molar refractivity (Wildman–Crippen MR) is 98.9 cm³/mol. The van der Waals surface area contributed by atoms with Crippen LogP contribution in [-0.4, -0.2) is 63.2 Å². The number of hydrogen-bond donors (Lipinski definition) is 1. The molecule has 0 aromatic carbocycles. The van der Waals surface area contributed by atoms with Crippen molar-refractivity contribution in [3.8, 4) is 0 Å². The summed E-state index contributed by atoms with van der Waals surface area (Å²) < 4.78 is 37.0. The number of furan rings is 1. The Labute approximate surface area is 170 Å². The van der Waals surface area contributed by atoms with E-state index in [1.54, 1.807) is 30.8 Å². The minimum absolute atomic E-state index is 0.0249. The molecule has 0 aliphatic carbocycles. The lowest BCUT2D eigenvalue weighted by Gasteiger charge is -2.44. The number of hydrogen-bond acceptors (Lipinski definition) is 6. The number of carboxylic acid groups (broad SMARTS) is 1. The molecule has 1 N–H and O–H groups in total. The Morgan fingerprint density at radius 1 is 1.07 bits per heavy atom. The van der Waals surface area contributed by atoms with Crippen LogP contribution in [0, 0.1) is 0 Å². The summed E-state index contributed by atoms with van der Waals surface area (Å²) >= 11 is 0. The third-order valence-electron chi connectivity index (χ3n) is 5.35. The molecule has 0 saturated carbocycles. The zero-order valence-electron chi connectivity index (χ0n) is 16.0. The largest absolute Gasteiger partial charge is 0.490 e. The Kier molecular flexibility index (Phi) is 6.28. The molecule has 4 rings (SSSR count). The molecule has 2 aromatic heterocycles. The van der Waals surface area contributed by atoms with E-state index in [0.29, 0.717) is 5.76 Å². The predicted octanol–water partition coefficient (Wildman–Crippen LogP) is 2.98. The van der Waals surface area contributed by atoms with Crippen LogP contribution in [-0.2, 0) is 4.79 Å². The molecule has 1 spiro atoms. The van der Waals surface area contributed by atoms with Gasteiger partial charge in [0.1, 0.15) is 0 Å². The Morgan fingerprint density at radius 3 is 2.23 bits per heavy atom. The summed E-state index contributed by atoms with van der Waals surface area (Å²) in [4.78, 5) is 34.5. The van der Waals surface area contributed by atoms with E-state index >= 15 is 0 Å². The van der Waals surface area contributed by atoms with Crippen molar-refractivity contribution in [3.63, 3.8) is 0 Å². The fourth-order valence-electron chi connectivity index (χ4n) is 3.89. The van der Waals surface area contributed by atoms with Crippen LogP contribution in [0.15, 0.2) is 41.3 Å². The summed E-state index contributed by atoms with van der Waals surface area (Å²) in [6, 6.07) is 5.35. The fraction of sp³-hybridized carbons (Fsp3) is 0.474. The van der Waals surface area contributed by atoms with Gasteiger partial charge in [-0.25, -0.2) is 14.8 Å². The number of rotatable bonds is 2. The molecule has 4 heterocycles. The van der Waals surface area contributed by atoms with Crippen LogP contribution >= 0.6 is 0 Å². The summed E-state index contributed by atoms with van der Waals surface area (Å²) in [5.41, 5.74) is -0.0326. The normalized spacial score (nSPS) is 18.1. The van der Waals surface area contributed by atoms with Gasteiger partial charge in [0.05, 0.1) is 6.26 Å². The molecule has 0 radical (unpaired) electrons. The second kappa shape index (κ2) is 8.72. The van der Waals surface area contributed by atoms with Crippen molar-refractivity contribution < 1.29 is 32.3 Å². The van der Waals surface area contributed by atoms with Crippen molar-refractivity contribution in [2.24, 2.45) is 0 Å². The van der Waals surface area contributed by atoms with Gasteiger partial charge >= 0.3 is 12.1 Å². The number of aromatic nitrogens is 2. The second-order valence-electron chi connectivity index (χ2n) is 7.10. The van der Waals surface area contributed by atoms with Gasteiger partial charge in [-0.3, -0.25) is 4.79 Å². The standard InChI is InChI=1S/C17H20N4O2.C2HF3O2/c22-15(14-4-1-13-23-14)21-10-2-5-17(21)6-11-20(12-7-17)16-18-8-3-9-19-16;3-2(4,5)1(6)7/h1,3-4,8-9,13H,2,5-7,10-12H2;(H,6,7). The molecule has 0 bridgehead atoms. The Morgan fingerprint density at radius 2 is 1.70 bits per heavy atom. The van der Waals surface area contributed by atoms with E-state index in [1.165, 1.54) is 0 Å². The van der Waals surface area contributed by atoms with Crippen LogP contribution in [0.4, 0.5) is 19.1 Å². The summed E-state index contributed by atoms with van der Waals surface area (Å²) in [6.07, 6.45) is 4.07. The minimum Gasteiger partial charge on any atom is -0.475 e. The van der Waals surface area contributed by atoms with Crippen LogP contribution in [0.1, 0.15) is 36.2 Å². The number of nitrogens with zero attached hydrogens (tertiary/aromatic N) is 4. The molecule has 30 heavy (non-hydrogen) atoms. The molecule has 2 saturated heterocycles. The zero-order chi connectivity index (χ0) is 21.8. The maximum Gasteiger partial charge on any atom is 0.490 e. The Balaban J connectivity index is 0.000000318. The minimum atomic E-state index is -5.08. The smallest absolute Gasteiger partial charge is 0.475 e. The third kappa shape index (κ3) is 4.71. The highest BCUT2D eigenvalue weighted by molar-refractivity contribution is 5.92. The lowest BCUT2D eigenvalue weighted by Crippen LogP contribution is -2.54. The van der Waals surface area contributed by atoms with Crippen molar-refractivity contribution in [2.75, 3.05) is 24.5 Å². The molecule has 162 valence electrons. The van der Waals surface area contributed by atoms with Crippen molar-refractivity contribution in [2.45, 2.75) is 37.4 Å². The lowest BCUT2D eigenvalue weighted by atomic mass is 9.85. The number of carbonyl (C=O) groups is 2. The molecule has 1 amide bonds. The molecular weight excluding hydrogens is 405 g/mol. The molecule has 2 fully saturated rings. The van der Waals surface area contributed by atoms with Crippen molar-refractivity contribution >= 4 is 17.8 Å². The van der Waals surface area contributed by atoms with Gasteiger partial charge in [0, 0.05) is 37.6 Å². The highest BCUT2D eigenvalue weighted by atomic mass is 19.4. The van der Waals surface area contributed by atoms with E-state index in [1.807, 2.05) is 11.0 Å². The maximum atomic E-state index is 12.7. The van der Waals surface area contributed by atoms with Crippen LogP contribution in [0.2, 0.25) is 0 Å². The molecule has 8 nitrogen and oxygen atoms in total. The maximum absolute atomic E-state index is 12.7. The van der Waals surface area contributed by atoms with E-state index in [4.69, 9.17) is 14.3 Å². The number of halogens is 3. The monoisotopic (exact) mass is 426 g/mol. The first-order chi connectivity index (χ1) is 14.2. The number of piperidine rings is 1. The molecular formula is C19H21F3N4O4. The van der Waals surface area contributed by atoms with Gasteiger partial charge in [-0.05, 0) is 43.9 Å². The summed E-state index contributed by atoms with van der Waals surface area (Å²) in [5, 5.41) is 7.12. The van der Waals surface area contributed by atoms with Gasteiger partial charge in [0.25, 0.3) is 5.91 Å². The van der Waals surface area contributed by atoms with Gasteiger partial charge in [0.15, 0.2) is 5.76 Å². The zero-order valence-corrected chi connectivity index (χ0v) is 16.0. The summed E-state index contributed by atoms with van der Waals surface area (Å²) in [6.45, 7) is 2.58. The molecule has 11 heteroatoms. The van der Waals surface area contributed by atoms with Crippen LogP contribution in [0.5, 0.6) is 0 Å². The van der Waals surface area contributed by atoms with Gasteiger partial charge in [-0.2, -0.15) is 13.2 Å². The first-order valence-corrected chi connectivity index (χ1v) is 9.40. The van der Waals surface area contributed by atoms with E-state index in [-0.39, 0.29) is 11.4 Å². The Bertz CT molecular complexity index is 850. The van der Waals surface area contributed by atoms with Gasteiger partial charge in [0.2, 0.25) is 5.95 Å². The molecule has 2 aliphatic heterocycles. The van der Waals surface area contributed by atoms with E-state index in [9.17, 15) is 18.0 Å². The van der Waals surface area contributed by atoms with Crippen LogP contribution in [0.3, 0.4) is 0 Å². The van der Waals surface area contributed by atoms with Crippen LogP contribution < -0.4 is 4.90 Å². The number of aliphatic carboxylic acids is 1. The number of anilines is 1. The molecule has 0 atom stereocenters. The third-order valence-corrected chi connectivity index (χ3v) is 5.35. The lowest BCUT2D eigenvalue weighted by molar-refractivity contribution is -0.192. The SMILES string of the molecule is O=C(O)C(F)(F)F.O=C(c1ccco1)N1CCCC12CCN(c1ncccn1)CC2. The van der Waals surface area contributed by atoms with Gasteiger partial charge < -0.3 is 19.3 Å². The van der Waals surface area contributed by atoms with Gasteiger partial charge in [-0.1, -0.05) is 0 Å². The quantitative estimate of drug-likeness (QED) is 0.788. The van der Waals surface area contributed by atoms with E-state index in [2.05, 4.69) is 14.9 Å². The average molecular weight is 426 g/mol. The molecule has 2 aromatic rings. The van der Waals surface area contributed by atoms with Crippen molar-refractivity contribution in [1.29, 1.82) is 0 Å². The number of carbonyl (C=O) groups excluding carboxylic acids is 1. The Hall–Kier alpha value is -3.11. The topological polar surface area (TPSA) is 99.8 Å². The number of amides is 1. The van der Waals surface area contributed by atoms with Crippen molar-refractivity contribution in [1.82, 2.24) is 14.9 Å². The number of likely N-dealkylation sites (tertiary alicyclic amines) is 1.